The number of carbonyl (C=O) groups excluding carboxylic acids is 4. The Morgan fingerprint density at radius 1 is 0.970 bits per heavy atom. The number of nitrogens with zero attached hydrogens (tertiary/aromatic N) is 2. The number of ketones is 2. The molecule has 5 rings (SSSR count). The number of benzene rings is 1. The number of piperidine rings is 1. The van der Waals surface area contributed by atoms with Crippen molar-refractivity contribution in [3.05, 3.63) is 57.7 Å². The van der Waals surface area contributed by atoms with E-state index in [1.165, 1.54) is 26.4 Å². The molecule has 1 aliphatic carbocycles. The van der Waals surface area contributed by atoms with Gasteiger partial charge in [-0.2, -0.15) is 0 Å². The van der Waals surface area contributed by atoms with E-state index in [0.29, 0.717) is 37.7 Å². The van der Waals surface area contributed by atoms with Gasteiger partial charge in [-0.3, -0.25) is 24.5 Å². The van der Waals surface area contributed by atoms with Crippen molar-refractivity contribution in [1.29, 1.82) is 0 Å². The van der Waals surface area contributed by atoms with Gasteiger partial charge in [-0.1, -0.05) is 57.6 Å². The lowest BCUT2D eigenvalue weighted by Gasteiger charge is -2.47. The van der Waals surface area contributed by atoms with Crippen LogP contribution in [-0.2, 0) is 48.0 Å². The number of Topliss-reactive ketones (excluding diaryl/α,β-unsaturated/α-hetero) is 2. The number of amides is 1. The van der Waals surface area contributed by atoms with Crippen molar-refractivity contribution >= 4 is 39.0 Å². The van der Waals surface area contributed by atoms with Crippen LogP contribution in [0.3, 0.4) is 0 Å². The fourth-order valence-corrected chi connectivity index (χ4v) is 12.5. The van der Waals surface area contributed by atoms with Crippen molar-refractivity contribution in [3.63, 3.8) is 0 Å². The second kappa shape index (κ2) is 22.5. The topological polar surface area (TPSA) is 246 Å². The lowest BCUT2D eigenvalue weighted by molar-refractivity contribution is -0.387. The van der Waals surface area contributed by atoms with Gasteiger partial charge in [0.25, 0.3) is 17.4 Å². The number of allylic oxidation sites excluding steroid dienone is 3. The molecule has 14 atom stereocenters. The number of fused-ring (bicyclic) bond motifs is 3. The minimum absolute atomic E-state index is 0.00420. The largest absolute Gasteiger partial charge is 0.456 e. The van der Waals surface area contributed by atoms with E-state index in [1.54, 1.807) is 26.8 Å². The van der Waals surface area contributed by atoms with Gasteiger partial charge in [0.1, 0.15) is 28.9 Å². The first-order chi connectivity index (χ1) is 31.1. The number of nitro benzene ring substituents is 1. The van der Waals surface area contributed by atoms with E-state index >= 15 is 0 Å². The van der Waals surface area contributed by atoms with Gasteiger partial charge in [0, 0.05) is 51.0 Å². The van der Waals surface area contributed by atoms with Gasteiger partial charge in [0.05, 0.1) is 34.6 Å². The maximum atomic E-state index is 14.4. The van der Waals surface area contributed by atoms with Gasteiger partial charge in [-0.15, -0.1) is 0 Å². The predicted molar refractivity (Wildman–Crippen MR) is 241 cm³/mol. The summed E-state index contributed by atoms with van der Waals surface area (Å²) in [7, 11) is -1.33. The smallest absolute Gasteiger partial charge is 0.329 e. The summed E-state index contributed by atoms with van der Waals surface area (Å²) in [6, 6.07) is 3.74. The minimum atomic E-state index is -4.32. The molecular formula is C48H70N2O15S. The van der Waals surface area contributed by atoms with Crippen LogP contribution in [0.1, 0.15) is 112 Å². The van der Waals surface area contributed by atoms with E-state index in [-0.39, 0.29) is 56.8 Å². The number of cyclic esters (lactones) is 1. The number of aliphatic hydroxyl groups excluding tert-OH is 2. The van der Waals surface area contributed by atoms with Crippen LogP contribution in [-0.4, -0.2) is 131 Å². The Kier molecular flexibility index (Phi) is 18.1. The van der Waals surface area contributed by atoms with Gasteiger partial charge >= 0.3 is 5.97 Å². The first-order valence-electron chi connectivity index (χ1n) is 23.3. The molecule has 1 amide bonds. The summed E-state index contributed by atoms with van der Waals surface area (Å²) < 4.78 is 51.6. The first kappa shape index (κ1) is 53.1. The van der Waals surface area contributed by atoms with Crippen molar-refractivity contribution < 1.29 is 66.8 Å². The highest BCUT2D eigenvalue weighted by Gasteiger charge is 2.57. The Morgan fingerprint density at radius 2 is 1.64 bits per heavy atom. The minimum Gasteiger partial charge on any atom is -0.456 e. The average molecular weight is 947 g/mol. The molecule has 66 heavy (non-hydrogen) atoms. The number of ether oxygens (including phenoxy) is 4. The molecule has 14 unspecified atom stereocenters. The van der Waals surface area contributed by atoms with Crippen molar-refractivity contribution in [1.82, 2.24) is 4.90 Å². The number of rotatable bonds is 8. The molecule has 2 saturated heterocycles. The molecule has 1 aromatic carbocycles. The Morgan fingerprint density at radius 3 is 2.27 bits per heavy atom. The van der Waals surface area contributed by atoms with E-state index in [2.05, 4.69) is 0 Å². The first-order valence-corrected chi connectivity index (χ1v) is 24.9. The number of para-hydroxylation sites is 1. The van der Waals surface area contributed by atoms with E-state index < -0.39 is 120 Å². The molecule has 4 aliphatic rings. The summed E-state index contributed by atoms with van der Waals surface area (Å²) in [4.78, 5) is 68.5. The second-order valence-electron chi connectivity index (χ2n) is 19.2. The van der Waals surface area contributed by atoms with E-state index in [1.807, 2.05) is 26.8 Å². The van der Waals surface area contributed by atoms with Crippen LogP contribution < -0.4 is 0 Å². The number of carbonyl (C=O) groups is 4. The lowest BCUT2D eigenvalue weighted by Crippen LogP contribution is -2.64. The Labute approximate surface area is 388 Å². The molecule has 18 heteroatoms. The molecule has 368 valence electrons. The molecular weight excluding hydrogens is 877 g/mol. The average Bonchev–Trinajstić information content (AvgIpc) is 3.28. The summed E-state index contributed by atoms with van der Waals surface area (Å²) >= 11 is 0. The Hall–Kier alpha value is -3.91. The standard InChI is InChI=1S/C48H70N2O15S/c1-9-33-21-27(2)20-28(3)22-39(62-7)44-40(63-8)24-30(5)48(57,65-44)45(54)46(55)49-19-13-12-15-35(49)47(56)64-43(31(6)36(51)26-37(33)52)29(4)23-32-17-18-42(38(53)25-32)66(60,61)41-16-11-10-14-34(41)50(58)59/h10-11,14,16,21,23,28,30-33,35-36,38-40,42-44,51,53,57H,9,12-13,15,17-20,22,24-26H2,1-8H3. The highest BCUT2D eigenvalue weighted by atomic mass is 32.2. The normalized spacial score (nSPS) is 36.4. The maximum Gasteiger partial charge on any atom is 0.329 e. The molecule has 1 aromatic rings. The van der Waals surface area contributed by atoms with Crippen molar-refractivity contribution in [3.8, 4) is 0 Å². The molecule has 3 N–H and O–H groups in total. The van der Waals surface area contributed by atoms with Crippen molar-refractivity contribution in [2.45, 2.75) is 171 Å². The third kappa shape index (κ3) is 11.7. The molecule has 17 nitrogen and oxygen atoms in total. The lowest BCUT2D eigenvalue weighted by atomic mass is 9.82. The molecule has 3 heterocycles. The number of hydrogen-bond acceptors (Lipinski definition) is 15. The third-order valence-corrected chi connectivity index (χ3v) is 16.7. The third-order valence-electron chi connectivity index (χ3n) is 14.4. The van der Waals surface area contributed by atoms with Crippen LogP contribution in [0.4, 0.5) is 5.69 Å². The summed E-state index contributed by atoms with van der Waals surface area (Å²) in [5, 5.41) is 45.5. The van der Waals surface area contributed by atoms with Gasteiger partial charge in [0.2, 0.25) is 5.79 Å². The van der Waals surface area contributed by atoms with Gasteiger partial charge in [0.15, 0.2) is 9.84 Å². The van der Waals surface area contributed by atoms with Crippen molar-refractivity contribution in [2.24, 2.45) is 29.6 Å². The summed E-state index contributed by atoms with van der Waals surface area (Å²) in [5.74, 6) is -8.81. The molecule has 3 aliphatic heterocycles. The number of aliphatic hydroxyl groups is 3. The van der Waals surface area contributed by atoms with Crippen LogP contribution in [0, 0.1) is 39.7 Å². The quantitative estimate of drug-likeness (QED) is 0.0996. The summed E-state index contributed by atoms with van der Waals surface area (Å²) in [6.45, 7) is 10.7. The summed E-state index contributed by atoms with van der Waals surface area (Å²) in [5.41, 5.74) is 0.779. The van der Waals surface area contributed by atoms with Crippen molar-refractivity contribution in [2.75, 3.05) is 20.8 Å². The summed E-state index contributed by atoms with van der Waals surface area (Å²) in [6.07, 6.45) is 0.136. The molecule has 2 bridgehead atoms. The number of esters is 1. The number of hydrogen-bond donors (Lipinski definition) is 3. The monoisotopic (exact) mass is 946 g/mol. The second-order valence-corrected chi connectivity index (χ2v) is 21.3. The number of nitro groups is 1. The highest BCUT2D eigenvalue weighted by Crippen LogP contribution is 2.40. The maximum absolute atomic E-state index is 14.4. The zero-order chi connectivity index (χ0) is 48.8. The zero-order valence-electron chi connectivity index (χ0n) is 39.5. The van der Waals surface area contributed by atoms with E-state index in [0.717, 1.165) is 22.6 Å². The van der Waals surface area contributed by atoms with Crippen LogP contribution in [0.5, 0.6) is 0 Å². The number of sulfone groups is 1. The predicted octanol–water partition coefficient (Wildman–Crippen LogP) is 5.21. The molecule has 3 fully saturated rings. The van der Waals surface area contributed by atoms with E-state index in [9.17, 15) is 53.0 Å². The van der Waals surface area contributed by atoms with Crippen LogP contribution >= 0.6 is 0 Å². The molecule has 0 spiro atoms. The fraction of sp³-hybridized carbons (Fsp3) is 0.708. The van der Waals surface area contributed by atoms with Gasteiger partial charge < -0.3 is 39.2 Å². The van der Waals surface area contributed by atoms with Crippen LogP contribution in [0.25, 0.3) is 0 Å². The Balaban J connectivity index is 1.50. The van der Waals surface area contributed by atoms with E-state index in [4.69, 9.17) is 18.9 Å². The fourth-order valence-electron chi connectivity index (χ4n) is 10.5. The molecule has 0 aromatic heterocycles. The highest BCUT2D eigenvalue weighted by molar-refractivity contribution is 7.92. The van der Waals surface area contributed by atoms with Crippen LogP contribution in [0.2, 0.25) is 0 Å². The number of methoxy groups -OCH3 is 2. The van der Waals surface area contributed by atoms with Gasteiger partial charge in [-0.25, -0.2) is 13.2 Å². The SMILES string of the molecule is CCC1C=C(C)CC(C)CC(OC)C2OC(O)(C(=O)C(=O)N3CCCCC3C(=O)OC(C(C)=CC3CCC(S(=O)(=O)c4ccccc4[N+](=O)[O-])C(O)C3)C(C)C(O)CC1=O)C(C)CC2OC. The van der Waals surface area contributed by atoms with Crippen LogP contribution in [0.15, 0.2) is 52.5 Å². The molecule has 1 saturated carbocycles. The van der Waals surface area contributed by atoms with Gasteiger partial charge in [-0.05, 0) is 102 Å². The Bertz CT molecular complexity index is 2110. The zero-order valence-corrected chi connectivity index (χ0v) is 40.3. The molecule has 0 radical (unpaired) electrons.